The van der Waals surface area contributed by atoms with Gasteiger partial charge in [0.05, 0.1) is 5.69 Å². The fraction of sp³-hybridized carbons (Fsp3) is 0.0909. The standard InChI is InChI=1S/C11H8F2N2O5S/c1-5-4-8(20-14-5)15-21(18,19)7-3-2-6(12)9(10(7)13)11(16)17/h2-4,15H,1H3,(H,16,17). The van der Waals surface area contributed by atoms with Crippen molar-refractivity contribution in [3.63, 3.8) is 0 Å². The number of benzene rings is 1. The zero-order valence-electron chi connectivity index (χ0n) is 10.4. The average Bonchev–Trinajstić information content (AvgIpc) is 2.72. The van der Waals surface area contributed by atoms with Crippen LogP contribution < -0.4 is 4.72 Å². The van der Waals surface area contributed by atoms with Gasteiger partial charge in [0, 0.05) is 6.07 Å². The molecule has 2 rings (SSSR count). The highest BCUT2D eigenvalue weighted by Crippen LogP contribution is 2.23. The molecule has 0 aliphatic heterocycles. The molecule has 0 atom stereocenters. The molecule has 0 fully saturated rings. The van der Waals surface area contributed by atoms with Crippen molar-refractivity contribution >= 4 is 21.9 Å². The summed E-state index contributed by atoms with van der Waals surface area (Å²) in [4.78, 5) is 9.74. The van der Waals surface area contributed by atoms with Crippen LogP contribution >= 0.6 is 0 Å². The number of aryl methyl sites for hydroxylation is 1. The number of aromatic carboxylic acids is 1. The number of sulfonamides is 1. The Morgan fingerprint density at radius 2 is 2.05 bits per heavy atom. The summed E-state index contributed by atoms with van der Waals surface area (Å²) in [6.07, 6.45) is 0. The molecule has 2 N–H and O–H groups in total. The van der Waals surface area contributed by atoms with Gasteiger partial charge >= 0.3 is 5.97 Å². The Labute approximate surface area is 117 Å². The maximum atomic E-state index is 13.9. The molecule has 7 nitrogen and oxygen atoms in total. The second kappa shape index (κ2) is 5.13. The van der Waals surface area contributed by atoms with Crippen molar-refractivity contribution in [3.8, 4) is 0 Å². The van der Waals surface area contributed by atoms with E-state index in [0.29, 0.717) is 17.8 Å². The smallest absolute Gasteiger partial charge is 0.341 e. The molecule has 0 bridgehead atoms. The van der Waals surface area contributed by atoms with Crippen molar-refractivity contribution in [2.24, 2.45) is 0 Å². The molecule has 0 saturated heterocycles. The van der Waals surface area contributed by atoms with Crippen LogP contribution in [0.4, 0.5) is 14.7 Å². The molecular formula is C11H8F2N2O5S. The van der Waals surface area contributed by atoms with Gasteiger partial charge < -0.3 is 9.63 Å². The minimum absolute atomic E-state index is 0.284. The van der Waals surface area contributed by atoms with E-state index < -0.39 is 38.1 Å². The number of halogens is 2. The van der Waals surface area contributed by atoms with Crippen LogP contribution in [0.25, 0.3) is 0 Å². The van der Waals surface area contributed by atoms with Crippen molar-refractivity contribution in [2.75, 3.05) is 4.72 Å². The number of aromatic nitrogens is 1. The third kappa shape index (κ3) is 2.84. The van der Waals surface area contributed by atoms with Crippen LogP contribution in [0.1, 0.15) is 16.1 Å². The van der Waals surface area contributed by atoms with Gasteiger partial charge in [-0.15, -0.1) is 0 Å². The number of carboxylic acids is 1. The molecule has 21 heavy (non-hydrogen) atoms. The minimum atomic E-state index is -4.49. The van der Waals surface area contributed by atoms with Crippen molar-refractivity contribution < 1.29 is 31.6 Å². The molecule has 2 aromatic rings. The predicted octanol–water partition coefficient (Wildman–Crippen LogP) is 1.76. The summed E-state index contributed by atoms with van der Waals surface area (Å²) in [6, 6.07) is 2.40. The molecular weight excluding hydrogens is 310 g/mol. The lowest BCUT2D eigenvalue weighted by Crippen LogP contribution is -2.17. The van der Waals surface area contributed by atoms with Crippen molar-refractivity contribution in [3.05, 3.63) is 41.1 Å². The van der Waals surface area contributed by atoms with Crippen LogP contribution in [0.15, 0.2) is 27.6 Å². The van der Waals surface area contributed by atoms with Crippen molar-refractivity contribution in [1.29, 1.82) is 0 Å². The topological polar surface area (TPSA) is 110 Å². The lowest BCUT2D eigenvalue weighted by molar-refractivity contribution is 0.0685. The molecule has 10 heteroatoms. The first-order valence-corrected chi connectivity index (χ1v) is 6.88. The van der Waals surface area contributed by atoms with Crippen LogP contribution in [0.5, 0.6) is 0 Å². The summed E-state index contributed by atoms with van der Waals surface area (Å²) in [6.45, 7) is 1.53. The first-order chi connectivity index (χ1) is 9.72. The summed E-state index contributed by atoms with van der Waals surface area (Å²) >= 11 is 0. The number of carboxylic acid groups (broad SMARTS) is 1. The number of nitrogens with one attached hydrogen (secondary N) is 1. The molecule has 1 aromatic carbocycles. The van der Waals surface area contributed by atoms with Crippen molar-refractivity contribution in [1.82, 2.24) is 5.16 Å². The molecule has 0 spiro atoms. The Morgan fingerprint density at radius 3 is 2.57 bits per heavy atom. The SMILES string of the molecule is Cc1cc(NS(=O)(=O)c2ccc(F)c(C(=O)O)c2F)on1. The second-order valence-electron chi connectivity index (χ2n) is 3.98. The van der Waals surface area contributed by atoms with Gasteiger partial charge in [0.15, 0.2) is 5.82 Å². The van der Waals surface area contributed by atoms with Crippen LogP contribution in [-0.4, -0.2) is 24.7 Å². The van der Waals surface area contributed by atoms with Gasteiger partial charge in [-0.05, 0) is 19.1 Å². The van der Waals surface area contributed by atoms with Crippen molar-refractivity contribution in [2.45, 2.75) is 11.8 Å². The lowest BCUT2D eigenvalue weighted by Gasteiger charge is -2.08. The third-order valence-electron chi connectivity index (χ3n) is 2.42. The second-order valence-corrected chi connectivity index (χ2v) is 5.63. The van der Waals surface area contributed by atoms with Gasteiger partial charge in [0.1, 0.15) is 16.3 Å². The van der Waals surface area contributed by atoms with Gasteiger partial charge in [-0.1, -0.05) is 5.16 Å². The van der Waals surface area contributed by atoms with E-state index in [4.69, 9.17) is 5.11 Å². The van der Waals surface area contributed by atoms with E-state index in [1.165, 1.54) is 13.0 Å². The van der Waals surface area contributed by atoms with E-state index in [9.17, 15) is 22.0 Å². The van der Waals surface area contributed by atoms with E-state index in [1.807, 2.05) is 4.72 Å². The van der Waals surface area contributed by atoms with E-state index >= 15 is 0 Å². The van der Waals surface area contributed by atoms with Gasteiger partial charge in [-0.25, -0.2) is 26.7 Å². The zero-order valence-corrected chi connectivity index (χ0v) is 11.2. The Hall–Kier alpha value is -2.49. The summed E-state index contributed by atoms with van der Waals surface area (Å²) in [7, 11) is -4.49. The molecule has 0 amide bonds. The average molecular weight is 318 g/mol. The van der Waals surface area contributed by atoms with Gasteiger partial charge in [-0.3, -0.25) is 0 Å². The zero-order chi connectivity index (χ0) is 15.8. The first-order valence-electron chi connectivity index (χ1n) is 5.40. The number of anilines is 1. The molecule has 1 heterocycles. The number of nitrogens with zero attached hydrogens (tertiary/aromatic N) is 1. The highest BCUT2D eigenvalue weighted by Gasteiger charge is 2.27. The van der Waals surface area contributed by atoms with E-state index in [-0.39, 0.29) is 5.88 Å². The molecule has 1 aromatic heterocycles. The Morgan fingerprint density at radius 1 is 1.38 bits per heavy atom. The van der Waals surface area contributed by atoms with Crippen LogP contribution in [0.3, 0.4) is 0 Å². The monoisotopic (exact) mass is 318 g/mol. The number of hydrogen-bond acceptors (Lipinski definition) is 5. The maximum absolute atomic E-state index is 13.9. The van der Waals surface area contributed by atoms with Crippen LogP contribution in [0, 0.1) is 18.6 Å². The normalized spacial score (nSPS) is 11.4. The largest absolute Gasteiger partial charge is 0.477 e. The summed E-state index contributed by atoms with van der Waals surface area (Å²) in [5, 5.41) is 12.1. The van der Waals surface area contributed by atoms with E-state index in [2.05, 4.69) is 9.68 Å². The fourth-order valence-corrected chi connectivity index (χ4v) is 2.59. The van der Waals surface area contributed by atoms with Gasteiger partial charge in [0.25, 0.3) is 10.0 Å². The Kier molecular flexibility index (Phi) is 3.64. The highest BCUT2D eigenvalue weighted by atomic mass is 32.2. The number of rotatable bonds is 4. The maximum Gasteiger partial charge on any atom is 0.341 e. The van der Waals surface area contributed by atoms with E-state index in [1.54, 1.807) is 0 Å². The van der Waals surface area contributed by atoms with Crippen LogP contribution in [-0.2, 0) is 10.0 Å². The molecule has 0 aliphatic carbocycles. The predicted molar refractivity (Wildman–Crippen MR) is 65.4 cm³/mol. The summed E-state index contributed by atoms with van der Waals surface area (Å²) < 4.78 is 57.5. The molecule has 0 saturated carbocycles. The molecule has 112 valence electrons. The molecule has 0 radical (unpaired) electrons. The van der Waals surface area contributed by atoms with Gasteiger partial charge in [-0.2, -0.15) is 0 Å². The molecule has 0 unspecified atom stereocenters. The third-order valence-corrected chi connectivity index (χ3v) is 3.79. The Bertz CT molecular complexity index is 816. The first kappa shape index (κ1) is 14.9. The highest BCUT2D eigenvalue weighted by molar-refractivity contribution is 7.92. The van der Waals surface area contributed by atoms with Crippen LogP contribution in [0.2, 0.25) is 0 Å². The quantitative estimate of drug-likeness (QED) is 0.889. The Balaban J connectivity index is 2.50. The number of hydrogen-bond donors (Lipinski definition) is 2. The minimum Gasteiger partial charge on any atom is -0.477 e. The summed E-state index contributed by atoms with van der Waals surface area (Å²) in [5.41, 5.74) is -0.981. The van der Waals surface area contributed by atoms with E-state index in [0.717, 1.165) is 0 Å². The number of carbonyl (C=O) groups is 1. The molecule has 0 aliphatic rings. The van der Waals surface area contributed by atoms with Gasteiger partial charge in [0.2, 0.25) is 5.88 Å². The lowest BCUT2D eigenvalue weighted by atomic mass is 10.2. The summed E-state index contributed by atoms with van der Waals surface area (Å²) in [5.74, 6) is -5.29. The fourth-order valence-electron chi connectivity index (χ4n) is 1.54.